The van der Waals surface area contributed by atoms with Crippen molar-refractivity contribution in [2.45, 2.75) is 25.5 Å². The van der Waals surface area contributed by atoms with Gasteiger partial charge in [-0.25, -0.2) is 0 Å². The van der Waals surface area contributed by atoms with Crippen LogP contribution in [0.4, 0.5) is 0 Å². The van der Waals surface area contributed by atoms with E-state index in [1.165, 1.54) is 12.0 Å². The molecule has 3 rings (SSSR count). The first-order valence-corrected chi connectivity index (χ1v) is 6.12. The fourth-order valence-corrected chi connectivity index (χ4v) is 3.21. The average Bonchev–Trinajstić information content (AvgIpc) is 2.83. The Morgan fingerprint density at radius 1 is 1.38 bits per heavy atom. The lowest BCUT2D eigenvalue weighted by atomic mass is 10.00. The molecule has 1 aromatic rings. The standard InChI is InChI=1S/C13H18N2O/c16-13-4-3-11-8-15(9-12(11)13)7-10-2-1-5-14-6-10/h1-2,5-6,11-13,16H,3-4,7-9H2. The number of hydrogen-bond acceptors (Lipinski definition) is 3. The fourth-order valence-electron chi connectivity index (χ4n) is 3.21. The topological polar surface area (TPSA) is 36.4 Å². The molecule has 2 heterocycles. The Balaban J connectivity index is 1.63. The van der Waals surface area contributed by atoms with Crippen molar-refractivity contribution in [3.05, 3.63) is 30.1 Å². The number of aliphatic hydroxyl groups is 1. The summed E-state index contributed by atoms with van der Waals surface area (Å²) in [5, 5.41) is 9.84. The summed E-state index contributed by atoms with van der Waals surface area (Å²) in [7, 11) is 0. The first-order valence-electron chi connectivity index (χ1n) is 6.12. The van der Waals surface area contributed by atoms with Crippen molar-refractivity contribution in [2.24, 2.45) is 11.8 Å². The maximum atomic E-state index is 9.84. The molecule has 3 nitrogen and oxygen atoms in total. The van der Waals surface area contributed by atoms with Crippen LogP contribution in [0.5, 0.6) is 0 Å². The van der Waals surface area contributed by atoms with Gasteiger partial charge in [-0.05, 0) is 30.4 Å². The maximum absolute atomic E-state index is 9.84. The molecule has 3 heteroatoms. The van der Waals surface area contributed by atoms with Crippen LogP contribution in [0.25, 0.3) is 0 Å². The van der Waals surface area contributed by atoms with Gasteiger partial charge in [0.25, 0.3) is 0 Å². The molecule has 86 valence electrons. The van der Waals surface area contributed by atoms with E-state index in [4.69, 9.17) is 0 Å². The van der Waals surface area contributed by atoms with Crippen molar-refractivity contribution in [3.8, 4) is 0 Å². The van der Waals surface area contributed by atoms with Crippen LogP contribution in [0, 0.1) is 11.8 Å². The van der Waals surface area contributed by atoms with E-state index in [9.17, 15) is 5.11 Å². The third kappa shape index (κ3) is 1.85. The van der Waals surface area contributed by atoms with Gasteiger partial charge in [-0.2, -0.15) is 0 Å². The first kappa shape index (κ1) is 10.2. The highest BCUT2D eigenvalue weighted by atomic mass is 16.3. The van der Waals surface area contributed by atoms with Gasteiger partial charge in [0.15, 0.2) is 0 Å². The van der Waals surface area contributed by atoms with E-state index >= 15 is 0 Å². The summed E-state index contributed by atoms with van der Waals surface area (Å²) in [6.07, 6.45) is 5.91. The predicted molar refractivity (Wildman–Crippen MR) is 61.7 cm³/mol. The molecule has 2 fully saturated rings. The lowest BCUT2D eigenvalue weighted by Crippen LogP contribution is -2.24. The molecule has 0 aromatic carbocycles. The summed E-state index contributed by atoms with van der Waals surface area (Å²) in [4.78, 5) is 6.59. The molecule has 16 heavy (non-hydrogen) atoms. The quantitative estimate of drug-likeness (QED) is 0.812. The zero-order valence-corrected chi connectivity index (χ0v) is 9.42. The SMILES string of the molecule is OC1CCC2CN(Cc3cccnc3)CC12. The summed E-state index contributed by atoms with van der Waals surface area (Å²) < 4.78 is 0. The highest BCUT2D eigenvalue weighted by Gasteiger charge is 2.41. The van der Waals surface area contributed by atoms with Gasteiger partial charge in [0.2, 0.25) is 0 Å². The Morgan fingerprint density at radius 2 is 2.31 bits per heavy atom. The molecular formula is C13H18N2O. The van der Waals surface area contributed by atoms with Crippen molar-refractivity contribution in [3.63, 3.8) is 0 Å². The van der Waals surface area contributed by atoms with Crippen LogP contribution in [0.2, 0.25) is 0 Å². The summed E-state index contributed by atoms with van der Waals surface area (Å²) in [6, 6.07) is 4.11. The summed E-state index contributed by atoms with van der Waals surface area (Å²) in [5.74, 6) is 1.25. The summed E-state index contributed by atoms with van der Waals surface area (Å²) in [5.41, 5.74) is 1.27. The van der Waals surface area contributed by atoms with Gasteiger partial charge in [0.05, 0.1) is 6.10 Å². The Labute approximate surface area is 96.1 Å². The van der Waals surface area contributed by atoms with E-state index in [0.717, 1.165) is 32.0 Å². The molecule has 0 spiro atoms. The van der Waals surface area contributed by atoms with Crippen LogP contribution < -0.4 is 0 Å². The van der Waals surface area contributed by atoms with Gasteiger partial charge in [-0.15, -0.1) is 0 Å². The van der Waals surface area contributed by atoms with Crippen LogP contribution in [0.1, 0.15) is 18.4 Å². The zero-order chi connectivity index (χ0) is 11.0. The highest BCUT2D eigenvalue weighted by molar-refractivity contribution is 5.09. The summed E-state index contributed by atoms with van der Waals surface area (Å²) >= 11 is 0. The molecule has 1 saturated heterocycles. The second-order valence-electron chi connectivity index (χ2n) is 5.12. The van der Waals surface area contributed by atoms with Crippen LogP contribution in [-0.2, 0) is 6.54 Å². The van der Waals surface area contributed by atoms with Gasteiger partial charge >= 0.3 is 0 Å². The van der Waals surface area contributed by atoms with Gasteiger partial charge in [-0.3, -0.25) is 9.88 Å². The number of fused-ring (bicyclic) bond motifs is 1. The molecule has 3 atom stereocenters. The smallest absolute Gasteiger partial charge is 0.0583 e. The Kier molecular flexibility index (Phi) is 2.65. The second-order valence-corrected chi connectivity index (χ2v) is 5.12. The fraction of sp³-hybridized carbons (Fsp3) is 0.615. The van der Waals surface area contributed by atoms with Crippen LogP contribution in [0.15, 0.2) is 24.5 Å². The normalized spacial score (nSPS) is 34.2. The van der Waals surface area contributed by atoms with E-state index in [0.29, 0.717) is 5.92 Å². The number of nitrogens with zero attached hydrogens (tertiary/aromatic N) is 2. The van der Waals surface area contributed by atoms with Crippen LogP contribution in [0.3, 0.4) is 0 Å². The van der Waals surface area contributed by atoms with Crippen molar-refractivity contribution >= 4 is 0 Å². The number of rotatable bonds is 2. The van der Waals surface area contributed by atoms with Crippen molar-refractivity contribution in [1.82, 2.24) is 9.88 Å². The molecule has 2 aliphatic rings. The Morgan fingerprint density at radius 3 is 3.06 bits per heavy atom. The molecule has 3 unspecified atom stereocenters. The van der Waals surface area contributed by atoms with Crippen molar-refractivity contribution < 1.29 is 5.11 Å². The Hall–Kier alpha value is -0.930. The van der Waals surface area contributed by atoms with Crippen molar-refractivity contribution in [1.29, 1.82) is 0 Å². The minimum Gasteiger partial charge on any atom is -0.393 e. The molecule has 0 radical (unpaired) electrons. The largest absolute Gasteiger partial charge is 0.393 e. The molecule has 1 N–H and O–H groups in total. The minimum atomic E-state index is -0.0519. The van der Waals surface area contributed by atoms with Crippen LogP contribution >= 0.6 is 0 Å². The molecule has 1 saturated carbocycles. The molecule has 1 aromatic heterocycles. The average molecular weight is 218 g/mol. The van der Waals surface area contributed by atoms with E-state index in [1.54, 1.807) is 0 Å². The number of pyridine rings is 1. The number of hydrogen-bond donors (Lipinski definition) is 1. The predicted octanol–water partition coefficient (Wildman–Crippen LogP) is 1.28. The van der Waals surface area contributed by atoms with Gasteiger partial charge in [-0.1, -0.05) is 6.07 Å². The number of likely N-dealkylation sites (tertiary alicyclic amines) is 1. The molecular weight excluding hydrogens is 200 g/mol. The monoisotopic (exact) mass is 218 g/mol. The highest BCUT2D eigenvalue weighted by Crippen LogP contribution is 2.38. The molecule has 1 aliphatic heterocycles. The minimum absolute atomic E-state index is 0.0519. The van der Waals surface area contributed by atoms with E-state index < -0.39 is 0 Å². The van der Waals surface area contributed by atoms with Crippen LogP contribution in [-0.4, -0.2) is 34.2 Å². The van der Waals surface area contributed by atoms with Crippen molar-refractivity contribution in [2.75, 3.05) is 13.1 Å². The van der Waals surface area contributed by atoms with Gasteiger partial charge < -0.3 is 5.11 Å². The van der Waals surface area contributed by atoms with E-state index in [2.05, 4.69) is 16.0 Å². The van der Waals surface area contributed by atoms with E-state index in [1.807, 2.05) is 18.5 Å². The lowest BCUT2D eigenvalue weighted by Gasteiger charge is -2.17. The Bertz CT molecular complexity index is 354. The third-order valence-corrected chi connectivity index (χ3v) is 4.02. The molecule has 0 amide bonds. The summed E-state index contributed by atoms with van der Waals surface area (Å²) in [6.45, 7) is 3.19. The number of aromatic nitrogens is 1. The second kappa shape index (κ2) is 4.15. The lowest BCUT2D eigenvalue weighted by molar-refractivity contribution is 0.123. The first-order chi connectivity index (χ1) is 7.83. The zero-order valence-electron chi connectivity index (χ0n) is 9.42. The number of aliphatic hydroxyl groups excluding tert-OH is 1. The molecule has 1 aliphatic carbocycles. The van der Waals surface area contributed by atoms with E-state index in [-0.39, 0.29) is 6.10 Å². The van der Waals surface area contributed by atoms with Gasteiger partial charge in [0, 0.05) is 37.9 Å². The third-order valence-electron chi connectivity index (χ3n) is 4.02. The molecule has 0 bridgehead atoms. The maximum Gasteiger partial charge on any atom is 0.0583 e. The van der Waals surface area contributed by atoms with Gasteiger partial charge in [0.1, 0.15) is 0 Å².